The SMILES string of the molecule is Cc1ccc(-c2c[n+]3ccccc3n2-c2ccc3c(c2)OCO3)cc1. The van der Waals surface area contributed by atoms with Crippen LogP contribution < -0.4 is 13.9 Å². The number of aryl methyl sites for hydroxylation is 1. The van der Waals surface area contributed by atoms with E-state index in [4.69, 9.17) is 9.47 Å². The van der Waals surface area contributed by atoms with Gasteiger partial charge < -0.3 is 9.47 Å². The number of imidazole rings is 1. The second-order valence-electron chi connectivity index (χ2n) is 6.22. The zero-order chi connectivity index (χ0) is 16.8. The highest BCUT2D eigenvalue weighted by Gasteiger charge is 2.23. The summed E-state index contributed by atoms with van der Waals surface area (Å²) in [5.74, 6) is 1.58. The van der Waals surface area contributed by atoms with Crippen LogP contribution in [0.2, 0.25) is 0 Å². The van der Waals surface area contributed by atoms with Crippen LogP contribution in [-0.4, -0.2) is 11.4 Å². The van der Waals surface area contributed by atoms with Crippen LogP contribution in [0.25, 0.3) is 22.6 Å². The number of benzene rings is 2. The monoisotopic (exact) mass is 329 g/mol. The van der Waals surface area contributed by atoms with E-state index in [1.54, 1.807) is 0 Å². The smallest absolute Gasteiger partial charge is 0.291 e. The number of hydrogen-bond donors (Lipinski definition) is 0. The fourth-order valence-corrected chi connectivity index (χ4v) is 3.28. The zero-order valence-electron chi connectivity index (χ0n) is 13.8. The number of rotatable bonds is 2. The fraction of sp³-hybridized carbons (Fsp3) is 0.0952. The van der Waals surface area contributed by atoms with E-state index in [0.29, 0.717) is 0 Å². The highest BCUT2D eigenvalue weighted by Crippen LogP contribution is 2.35. The van der Waals surface area contributed by atoms with Gasteiger partial charge in [-0.05, 0) is 25.1 Å². The van der Waals surface area contributed by atoms with Gasteiger partial charge in [-0.15, -0.1) is 0 Å². The van der Waals surface area contributed by atoms with Crippen LogP contribution in [0.4, 0.5) is 0 Å². The highest BCUT2D eigenvalue weighted by molar-refractivity contribution is 5.67. The van der Waals surface area contributed by atoms with E-state index in [-0.39, 0.29) is 6.79 Å². The van der Waals surface area contributed by atoms with Crippen LogP contribution in [0.1, 0.15) is 5.56 Å². The number of fused-ring (bicyclic) bond motifs is 2. The number of nitrogens with zero attached hydrogens (tertiary/aromatic N) is 2. The minimum Gasteiger partial charge on any atom is -0.454 e. The molecule has 0 amide bonds. The maximum absolute atomic E-state index is 5.57. The van der Waals surface area contributed by atoms with Gasteiger partial charge in [0.25, 0.3) is 5.65 Å². The zero-order valence-corrected chi connectivity index (χ0v) is 13.8. The topological polar surface area (TPSA) is 27.5 Å². The summed E-state index contributed by atoms with van der Waals surface area (Å²) < 4.78 is 15.4. The molecule has 122 valence electrons. The fourth-order valence-electron chi connectivity index (χ4n) is 3.28. The van der Waals surface area contributed by atoms with Gasteiger partial charge in [-0.25, -0.2) is 4.40 Å². The molecule has 4 heteroatoms. The first-order valence-electron chi connectivity index (χ1n) is 8.28. The molecule has 1 aliphatic rings. The van der Waals surface area contributed by atoms with Crippen LogP contribution in [0.5, 0.6) is 11.5 Å². The molecule has 4 aromatic rings. The summed E-state index contributed by atoms with van der Waals surface area (Å²) >= 11 is 0. The van der Waals surface area contributed by atoms with Gasteiger partial charge in [0.15, 0.2) is 17.2 Å². The van der Waals surface area contributed by atoms with Crippen molar-refractivity contribution in [2.45, 2.75) is 6.92 Å². The van der Waals surface area contributed by atoms with E-state index < -0.39 is 0 Å². The van der Waals surface area contributed by atoms with Gasteiger partial charge in [0.2, 0.25) is 6.79 Å². The molecular weight excluding hydrogens is 312 g/mol. The summed E-state index contributed by atoms with van der Waals surface area (Å²) in [4.78, 5) is 0. The standard InChI is InChI=1S/C21H17N2O2/c1-15-5-7-16(8-6-15)18-13-22-11-3-2-4-21(22)23(18)17-9-10-19-20(12-17)25-14-24-19/h2-13H,14H2,1H3/q+1. The van der Waals surface area contributed by atoms with Gasteiger partial charge in [-0.2, -0.15) is 4.57 Å². The minimum absolute atomic E-state index is 0.283. The molecule has 0 unspecified atom stereocenters. The first-order chi connectivity index (χ1) is 12.3. The Morgan fingerprint density at radius 1 is 0.920 bits per heavy atom. The van der Waals surface area contributed by atoms with Crippen molar-refractivity contribution in [3.8, 4) is 28.4 Å². The maximum Gasteiger partial charge on any atom is 0.291 e. The van der Waals surface area contributed by atoms with E-state index in [0.717, 1.165) is 28.5 Å². The third-order valence-corrected chi connectivity index (χ3v) is 4.56. The first kappa shape index (κ1) is 14.1. The molecule has 25 heavy (non-hydrogen) atoms. The molecule has 5 rings (SSSR count). The lowest BCUT2D eigenvalue weighted by Crippen LogP contribution is -2.17. The van der Waals surface area contributed by atoms with E-state index in [2.05, 4.69) is 70.7 Å². The number of pyridine rings is 1. The van der Waals surface area contributed by atoms with E-state index in [1.165, 1.54) is 11.1 Å². The highest BCUT2D eigenvalue weighted by atomic mass is 16.7. The van der Waals surface area contributed by atoms with Crippen LogP contribution in [0.3, 0.4) is 0 Å². The quantitative estimate of drug-likeness (QED) is 0.521. The van der Waals surface area contributed by atoms with E-state index >= 15 is 0 Å². The molecule has 2 aromatic heterocycles. The molecule has 0 atom stereocenters. The Balaban J connectivity index is 1.78. The third kappa shape index (κ3) is 2.26. The number of aromatic nitrogens is 2. The average Bonchev–Trinajstić information content (AvgIpc) is 3.26. The van der Waals surface area contributed by atoms with Crippen molar-refractivity contribution in [1.29, 1.82) is 0 Å². The van der Waals surface area contributed by atoms with Crippen molar-refractivity contribution < 1.29 is 13.9 Å². The normalized spacial score (nSPS) is 12.7. The lowest BCUT2D eigenvalue weighted by Gasteiger charge is -2.04. The number of ether oxygens (including phenoxy) is 2. The third-order valence-electron chi connectivity index (χ3n) is 4.56. The van der Waals surface area contributed by atoms with Crippen molar-refractivity contribution in [3.63, 3.8) is 0 Å². The predicted molar refractivity (Wildman–Crippen MR) is 95.2 cm³/mol. The Kier molecular flexibility index (Phi) is 3.04. The molecule has 0 saturated heterocycles. The van der Waals surface area contributed by atoms with Gasteiger partial charge >= 0.3 is 0 Å². The molecule has 0 aliphatic carbocycles. The van der Waals surface area contributed by atoms with Gasteiger partial charge in [-0.3, -0.25) is 0 Å². The van der Waals surface area contributed by atoms with Gasteiger partial charge in [-0.1, -0.05) is 35.9 Å². The summed E-state index contributed by atoms with van der Waals surface area (Å²) in [5, 5.41) is 0. The lowest BCUT2D eigenvalue weighted by atomic mass is 10.1. The van der Waals surface area contributed by atoms with Gasteiger partial charge in [0, 0.05) is 17.7 Å². The molecule has 0 spiro atoms. The van der Waals surface area contributed by atoms with Crippen LogP contribution in [0.15, 0.2) is 73.1 Å². The lowest BCUT2D eigenvalue weighted by molar-refractivity contribution is -0.510. The second kappa shape index (κ2) is 5.38. The largest absolute Gasteiger partial charge is 0.454 e. The number of hydrogen-bond acceptors (Lipinski definition) is 2. The summed E-state index contributed by atoms with van der Waals surface area (Å²) in [7, 11) is 0. The summed E-state index contributed by atoms with van der Waals surface area (Å²) in [6.07, 6.45) is 4.22. The van der Waals surface area contributed by atoms with Gasteiger partial charge in [0.1, 0.15) is 11.9 Å². The Hall–Kier alpha value is -3.27. The summed E-state index contributed by atoms with van der Waals surface area (Å²) in [6.45, 7) is 2.39. The molecule has 2 aromatic carbocycles. The Bertz CT molecular complexity index is 1080. The molecular formula is C21H17N2O2+. The Morgan fingerprint density at radius 3 is 2.64 bits per heavy atom. The molecule has 1 aliphatic heterocycles. The molecule has 0 bridgehead atoms. The first-order valence-corrected chi connectivity index (χ1v) is 8.28. The van der Waals surface area contributed by atoms with Crippen molar-refractivity contribution in [3.05, 3.63) is 78.6 Å². The van der Waals surface area contributed by atoms with Crippen molar-refractivity contribution in [2.75, 3.05) is 6.79 Å². The van der Waals surface area contributed by atoms with Crippen LogP contribution in [-0.2, 0) is 0 Å². The van der Waals surface area contributed by atoms with E-state index in [9.17, 15) is 0 Å². The van der Waals surface area contributed by atoms with E-state index in [1.807, 2.05) is 18.2 Å². The van der Waals surface area contributed by atoms with Crippen molar-refractivity contribution in [2.24, 2.45) is 0 Å². The Morgan fingerprint density at radius 2 is 1.76 bits per heavy atom. The van der Waals surface area contributed by atoms with Crippen LogP contribution in [0, 0.1) is 6.92 Å². The van der Waals surface area contributed by atoms with Crippen molar-refractivity contribution in [1.82, 2.24) is 4.57 Å². The molecule has 4 nitrogen and oxygen atoms in total. The maximum atomic E-state index is 5.57. The van der Waals surface area contributed by atoms with Gasteiger partial charge in [0.05, 0.1) is 6.20 Å². The van der Waals surface area contributed by atoms with Crippen LogP contribution >= 0.6 is 0 Å². The summed E-state index contributed by atoms with van der Waals surface area (Å²) in [5.41, 5.74) is 5.70. The molecule has 0 fully saturated rings. The second-order valence-corrected chi connectivity index (χ2v) is 6.22. The Labute approximate surface area is 145 Å². The molecule has 0 radical (unpaired) electrons. The van der Waals surface area contributed by atoms with Crippen molar-refractivity contribution >= 4 is 5.65 Å². The molecule has 0 saturated carbocycles. The minimum atomic E-state index is 0.283. The summed E-state index contributed by atoms with van der Waals surface area (Å²) in [6, 6.07) is 20.9. The average molecular weight is 329 g/mol. The predicted octanol–water partition coefficient (Wildman–Crippen LogP) is 3.92. The molecule has 3 heterocycles. The molecule has 0 N–H and O–H groups in total.